The van der Waals surface area contributed by atoms with E-state index in [2.05, 4.69) is 6.92 Å². The summed E-state index contributed by atoms with van der Waals surface area (Å²) < 4.78 is 0. The number of rotatable bonds is 5. The van der Waals surface area contributed by atoms with Crippen LogP contribution in [0.2, 0.25) is 0 Å². The maximum Gasteiger partial charge on any atom is 0.307 e. The summed E-state index contributed by atoms with van der Waals surface area (Å²) in [7, 11) is 0. The van der Waals surface area contributed by atoms with Gasteiger partial charge in [-0.05, 0) is 51.4 Å². The molecule has 3 fully saturated rings. The normalized spacial score (nSPS) is 32.5. The van der Waals surface area contributed by atoms with E-state index in [1.165, 1.54) is 12.8 Å². The topological polar surface area (TPSA) is 57.6 Å². The number of carboxylic acid groups (broad SMARTS) is 1. The summed E-state index contributed by atoms with van der Waals surface area (Å²) in [4.78, 5) is 25.6. The van der Waals surface area contributed by atoms with Crippen LogP contribution in [-0.2, 0) is 9.59 Å². The van der Waals surface area contributed by atoms with E-state index < -0.39 is 11.9 Å². The Morgan fingerprint density at radius 3 is 2.06 bits per heavy atom. The van der Waals surface area contributed by atoms with Gasteiger partial charge in [0.1, 0.15) is 0 Å². The minimum atomic E-state index is -0.797. The van der Waals surface area contributed by atoms with Crippen LogP contribution in [0, 0.1) is 17.8 Å². The Morgan fingerprint density at radius 2 is 1.67 bits per heavy atom. The summed E-state index contributed by atoms with van der Waals surface area (Å²) in [6, 6.07) is 0.725. The molecule has 0 aliphatic heterocycles. The van der Waals surface area contributed by atoms with Crippen LogP contribution in [0.5, 0.6) is 0 Å². The van der Waals surface area contributed by atoms with Gasteiger partial charge in [-0.3, -0.25) is 9.59 Å². The molecule has 0 aromatic carbocycles. The molecule has 1 N–H and O–H groups in total. The second-order valence-electron chi connectivity index (χ2n) is 6.18. The maximum atomic E-state index is 12.6. The number of carbonyl (C=O) groups is 2. The van der Waals surface area contributed by atoms with Gasteiger partial charge >= 0.3 is 5.97 Å². The second-order valence-corrected chi connectivity index (χ2v) is 6.18. The lowest BCUT2D eigenvalue weighted by Crippen LogP contribution is -2.50. The van der Waals surface area contributed by atoms with Crippen molar-refractivity contribution in [1.82, 2.24) is 4.90 Å². The molecule has 100 valence electrons. The average molecular weight is 251 g/mol. The van der Waals surface area contributed by atoms with Crippen molar-refractivity contribution in [1.29, 1.82) is 0 Å². The van der Waals surface area contributed by atoms with E-state index in [9.17, 15) is 9.59 Å². The molecule has 0 bridgehead atoms. The molecule has 3 aliphatic carbocycles. The van der Waals surface area contributed by atoms with Crippen molar-refractivity contribution < 1.29 is 14.7 Å². The van der Waals surface area contributed by atoms with Gasteiger partial charge in [0.15, 0.2) is 0 Å². The van der Waals surface area contributed by atoms with Gasteiger partial charge in [0, 0.05) is 12.1 Å². The van der Waals surface area contributed by atoms with Crippen LogP contribution in [0.3, 0.4) is 0 Å². The fourth-order valence-electron chi connectivity index (χ4n) is 3.15. The van der Waals surface area contributed by atoms with E-state index >= 15 is 0 Å². The fourth-order valence-corrected chi connectivity index (χ4v) is 3.15. The lowest BCUT2D eigenvalue weighted by atomic mass is 9.72. The van der Waals surface area contributed by atoms with Crippen LogP contribution < -0.4 is 0 Å². The zero-order chi connectivity index (χ0) is 12.9. The van der Waals surface area contributed by atoms with Crippen LogP contribution in [0.15, 0.2) is 0 Å². The summed E-state index contributed by atoms with van der Waals surface area (Å²) >= 11 is 0. The van der Waals surface area contributed by atoms with Gasteiger partial charge < -0.3 is 10.0 Å². The van der Waals surface area contributed by atoms with Gasteiger partial charge in [-0.25, -0.2) is 0 Å². The van der Waals surface area contributed by atoms with E-state index in [0.29, 0.717) is 24.4 Å². The quantitative estimate of drug-likeness (QED) is 0.811. The molecule has 4 nitrogen and oxygen atoms in total. The van der Waals surface area contributed by atoms with Crippen molar-refractivity contribution in [3.63, 3.8) is 0 Å². The van der Waals surface area contributed by atoms with Crippen LogP contribution >= 0.6 is 0 Å². The molecule has 4 heteroatoms. The number of carboxylic acids is 1. The molecular weight excluding hydrogens is 230 g/mol. The first-order chi connectivity index (χ1) is 8.59. The Kier molecular flexibility index (Phi) is 2.83. The summed E-state index contributed by atoms with van der Waals surface area (Å²) in [6.45, 7) is 2.14. The minimum absolute atomic E-state index is 0.121. The summed E-state index contributed by atoms with van der Waals surface area (Å²) in [5, 5.41) is 9.08. The smallest absolute Gasteiger partial charge is 0.307 e. The number of carbonyl (C=O) groups excluding carboxylic acids is 1. The predicted octanol–water partition coefficient (Wildman–Crippen LogP) is 1.89. The Bertz CT molecular complexity index is 373. The van der Waals surface area contributed by atoms with E-state index in [0.717, 1.165) is 19.3 Å². The molecular formula is C14H21NO3. The number of hydrogen-bond donors (Lipinski definition) is 1. The van der Waals surface area contributed by atoms with Gasteiger partial charge in [0.2, 0.25) is 5.91 Å². The molecule has 18 heavy (non-hydrogen) atoms. The number of aliphatic carboxylic acids is 1. The van der Waals surface area contributed by atoms with Crippen LogP contribution in [0.1, 0.15) is 45.4 Å². The lowest BCUT2D eigenvalue weighted by molar-refractivity contribution is -0.158. The standard InChI is InChI=1S/C14H21NO3/c1-8(9-2-3-9)15(10-4-5-10)13(16)11-6-7-12(11)14(17)18/h8-12H,2-7H2,1H3,(H,17,18). The third kappa shape index (κ3) is 2.02. The van der Waals surface area contributed by atoms with E-state index in [1.54, 1.807) is 0 Å². The number of hydrogen-bond acceptors (Lipinski definition) is 2. The minimum Gasteiger partial charge on any atom is -0.481 e. The van der Waals surface area contributed by atoms with Gasteiger partial charge in [0.25, 0.3) is 0 Å². The number of nitrogens with zero attached hydrogens (tertiary/aromatic N) is 1. The van der Waals surface area contributed by atoms with Crippen molar-refractivity contribution in [2.75, 3.05) is 0 Å². The van der Waals surface area contributed by atoms with Crippen molar-refractivity contribution in [2.24, 2.45) is 17.8 Å². The summed E-state index contributed by atoms with van der Waals surface area (Å²) in [6.07, 6.45) is 6.09. The Morgan fingerprint density at radius 1 is 1.06 bits per heavy atom. The first-order valence-corrected chi connectivity index (χ1v) is 7.14. The molecule has 3 aliphatic rings. The molecule has 1 amide bonds. The Hall–Kier alpha value is -1.06. The second kappa shape index (κ2) is 4.25. The van der Waals surface area contributed by atoms with Gasteiger partial charge in [0.05, 0.1) is 11.8 Å². The van der Waals surface area contributed by atoms with Crippen LogP contribution in [0.4, 0.5) is 0 Å². The highest BCUT2D eigenvalue weighted by atomic mass is 16.4. The highest BCUT2D eigenvalue weighted by molar-refractivity contribution is 5.87. The van der Waals surface area contributed by atoms with Gasteiger partial charge in [-0.2, -0.15) is 0 Å². The first kappa shape index (κ1) is 12.0. The monoisotopic (exact) mass is 251 g/mol. The molecule has 0 spiro atoms. The molecule has 0 aromatic heterocycles. The Labute approximate surface area is 107 Å². The van der Waals surface area contributed by atoms with Crippen molar-refractivity contribution in [3.05, 3.63) is 0 Å². The molecule has 0 radical (unpaired) electrons. The number of amides is 1. The molecule has 0 aromatic rings. The zero-order valence-electron chi connectivity index (χ0n) is 10.8. The van der Waals surface area contributed by atoms with Crippen LogP contribution in [-0.4, -0.2) is 34.0 Å². The first-order valence-electron chi connectivity index (χ1n) is 7.14. The molecule has 3 unspecified atom stereocenters. The third-order valence-electron chi connectivity index (χ3n) is 4.85. The van der Waals surface area contributed by atoms with Crippen molar-refractivity contribution in [3.8, 4) is 0 Å². The van der Waals surface area contributed by atoms with Gasteiger partial charge in [-0.1, -0.05) is 0 Å². The maximum absolute atomic E-state index is 12.6. The highest BCUT2D eigenvalue weighted by Gasteiger charge is 2.48. The SMILES string of the molecule is CC(C1CC1)N(C(=O)C1CCC1C(=O)O)C1CC1. The molecule has 0 saturated heterocycles. The molecule has 3 rings (SSSR count). The Balaban J connectivity index is 1.70. The zero-order valence-corrected chi connectivity index (χ0v) is 10.8. The lowest BCUT2D eigenvalue weighted by Gasteiger charge is -2.39. The average Bonchev–Trinajstić information content (AvgIpc) is 3.10. The van der Waals surface area contributed by atoms with E-state index in [-0.39, 0.29) is 11.8 Å². The van der Waals surface area contributed by atoms with Crippen LogP contribution in [0.25, 0.3) is 0 Å². The fraction of sp³-hybridized carbons (Fsp3) is 0.857. The van der Waals surface area contributed by atoms with E-state index in [1.807, 2.05) is 4.90 Å². The third-order valence-corrected chi connectivity index (χ3v) is 4.85. The summed E-state index contributed by atoms with van der Waals surface area (Å²) in [5.41, 5.74) is 0. The molecule has 3 atom stereocenters. The largest absolute Gasteiger partial charge is 0.481 e. The van der Waals surface area contributed by atoms with Crippen molar-refractivity contribution >= 4 is 11.9 Å². The molecule has 0 heterocycles. The van der Waals surface area contributed by atoms with E-state index in [4.69, 9.17) is 5.11 Å². The van der Waals surface area contributed by atoms with Crippen molar-refractivity contribution in [2.45, 2.75) is 57.5 Å². The predicted molar refractivity (Wildman–Crippen MR) is 65.9 cm³/mol. The highest BCUT2D eigenvalue weighted by Crippen LogP contribution is 2.43. The molecule has 3 saturated carbocycles. The van der Waals surface area contributed by atoms with Gasteiger partial charge in [-0.15, -0.1) is 0 Å². The summed E-state index contributed by atoms with van der Waals surface area (Å²) in [5.74, 6) is -0.683.